The fraction of sp³-hybridized carbons (Fsp3) is 0.636. The lowest BCUT2D eigenvalue weighted by Crippen LogP contribution is -2.39. The van der Waals surface area contributed by atoms with Gasteiger partial charge in [-0.3, -0.25) is 9.59 Å². The highest BCUT2D eigenvalue weighted by Gasteiger charge is 2.35. The van der Waals surface area contributed by atoms with E-state index >= 15 is 0 Å². The molecule has 2 atom stereocenters. The Hall–Kier alpha value is -1.50. The summed E-state index contributed by atoms with van der Waals surface area (Å²) < 4.78 is 0. The molecule has 1 aliphatic carbocycles. The van der Waals surface area contributed by atoms with E-state index in [4.69, 9.17) is 11.5 Å². The van der Waals surface area contributed by atoms with E-state index in [0.29, 0.717) is 12.8 Å². The molecule has 1 rings (SSSR count). The lowest BCUT2D eigenvalue weighted by atomic mass is 9.79. The Morgan fingerprint density at radius 2 is 1.93 bits per heavy atom. The summed E-state index contributed by atoms with van der Waals surface area (Å²) in [4.78, 5) is 22.5. The second-order valence-corrected chi connectivity index (χ2v) is 3.76. The van der Waals surface area contributed by atoms with Crippen LogP contribution in [-0.4, -0.2) is 23.5 Å². The van der Waals surface area contributed by atoms with Crippen LogP contribution >= 0.6 is 0 Å². The minimum atomic E-state index is -0.879. The fourth-order valence-corrected chi connectivity index (χ4v) is 2.01. The molecule has 0 heterocycles. The normalized spacial score (nSPS) is 25.3. The molecule has 0 aromatic heterocycles. The summed E-state index contributed by atoms with van der Waals surface area (Å²) >= 11 is 0. The number of carbonyl (C=O) groups is 2. The van der Waals surface area contributed by atoms with Crippen LogP contribution in [0.1, 0.15) is 25.7 Å². The monoisotopic (exact) mass is 209 g/mol. The van der Waals surface area contributed by atoms with Crippen LogP contribution in [0.15, 0.2) is 0 Å². The summed E-state index contributed by atoms with van der Waals surface area (Å²) in [7, 11) is 0. The Bertz CT molecular complexity index is 293. The van der Waals surface area contributed by atoms with Gasteiger partial charge in [0.1, 0.15) is 0 Å². The first-order chi connectivity index (χ1) is 7.16. The van der Waals surface area contributed by atoms with Gasteiger partial charge < -0.3 is 10.4 Å². The van der Waals surface area contributed by atoms with Gasteiger partial charge in [0.25, 0.3) is 0 Å². The SMILES string of the molecule is C#CCNC(=O)[C@@H]1CCCC[C@@H]1C(=O)O. The van der Waals surface area contributed by atoms with Gasteiger partial charge in [-0.2, -0.15) is 0 Å². The van der Waals surface area contributed by atoms with Crippen molar-refractivity contribution in [3.8, 4) is 12.3 Å². The Morgan fingerprint density at radius 3 is 2.47 bits per heavy atom. The quantitative estimate of drug-likeness (QED) is 0.670. The van der Waals surface area contributed by atoms with Crippen molar-refractivity contribution in [1.82, 2.24) is 5.32 Å². The van der Waals surface area contributed by atoms with Crippen molar-refractivity contribution < 1.29 is 14.7 Å². The van der Waals surface area contributed by atoms with Crippen molar-refractivity contribution in [3.63, 3.8) is 0 Å². The molecular formula is C11H15NO3. The Kier molecular flexibility index (Phi) is 4.17. The zero-order valence-corrected chi connectivity index (χ0v) is 8.53. The molecule has 0 aromatic carbocycles. The zero-order chi connectivity index (χ0) is 11.3. The number of nitrogens with one attached hydrogen (secondary N) is 1. The number of aliphatic carboxylic acids is 1. The highest BCUT2D eigenvalue weighted by Crippen LogP contribution is 2.30. The molecule has 4 nitrogen and oxygen atoms in total. The number of carboxylic acids is 1. The molecule has 15 heavy (non-hydrogen) atoms. The van der Waals surface area contributed by atoms with Crippen molar-refractivity contribution in [2.75, 3.05) is 6.54 Å². The standard InChI is InChI=1S/C11H15NO3/c1-2-7-12-10(13)8-5-3-4-6-9(8)11(14)15/h1,8-9H,3-7H2,(H,12,13)(H,14,15)/t8-,9+/m1/s1. The molecule has 0 saturated heterocycles. The van der Waals surface area contributed by atoms with Crippen molar-refractivity contribution in [2.24, 2.45) is 11.8 Å². The van der Waals surface area contributed by atoms with Crippen LogP contribution in [0, 0.1) is 24.2 Å². The Morgan fingerprint density at radius 1 is 1.33 bits per heavy atom. The van der Waals surface area contributed by atoms with Crippen molar-refractivity contribution in [2.45, 2.75) is 25.7 Å². The third-order valence-electron chi connectivity index (χ3n) is 2.78. The average Bonchev–Trinajstić information content (AvgIpc) is 2.25. The number of rotatable bonds is 3. The molecule has 1 saturated carbocycles. The smallest absolute Gasteiger partial charge is 0.307 e. The summed E-state index contributed by atoms with van der Waals surface area (Å²) in [6.07, 6.45) is 8.05. The van der Waals surface area contributed by atoms with Crippen LogP contribution in [0.4, 0.5) is 0 Å². The second kappa shape index (κ2) is 5.40. The van der Waals surface area contributed by atoms with Gasteiger partial charge in [-0.15, -0.1) is 6.42 Å². The van der Waals surface area contributed by atoms with Gasteiger partial charge in [0.2, 0.25) is 5.91 Å². The second-order valence-electron chi connectivity index (χ2n) is 3.76. The molecule has 2 N–H and O–H groups in total. The number of carbonyl (C=O) groups excluding carboxylic acids is 1. The number of hydrogen-bond donors (Lipinski definition) is 2. The average molecular weight is 209 g/mol. The zero-order valence-electron chi connectivity index (χ0n) is 8.53. The summed E-state index contributed by atoms with van der Waals surface area (Å²) in [6, 6.07) is 0. The summed E-state index contributed by atoms with van der Waals surface area (Å²) in [5.41, 5.74) is 0. The van der Waals surface area contributed by atoms with Gasteiger partial charge in [0, 0.05) is 0 Å². The summed E-state index contributed by atoms with van der Waals surface area (Å²) in [6.45, 7) is 0.168. The van der Waals surface area contributed by atoms with Crippen molar-refractivity contribution >= 4 is 11.9 Å². The van der Waals surface area contributed by atoms with E-state index in [0.717, 1.165) is 12.8 Å². The highest BCUT2D eigenvalue weighted by molar-refractivity contribution is 5.85. The first-order valence-electron chi connectivity index (χ1n) is 5.10. The van der Waals surface area contributed by atoms with Gasteiger partial charge in [-0.25, -0.2) is 0 Å². The first-order valence-corrected chi connectivity index (χ1v) is 5.10. The van der Waals surface area contributed by atoms with Gasteiger partial charge in [-0.05, 0) is 12.8 Å². The van der Waals surface area contributed by atoms with E-state index < -0.39 is 17.8 Å². The fourth-order valence-electron chi connectivity index (χ4n) is 2.01. The molecule has 1 aliphatic rings. The first kappa shape index (κ1) is 11.6. The van der Waals surface area contributed by atoms with E-state index in [9.17, 15) is 9.59 Å². The van der Waals surface area contributed by atoms with Crippen LogP contribution in [0.2, 0.25) is 0 Å². The predicted molar refractivity (Wildman–Crippen MR) is 54.9 cm³/mol. The molecule has 0 radical (unpaired) electrons. The van der Waals surface area contributed by atoms with E-state index in [2.05, 4.69) is 11.2 Å². The number of amides is 1. The van der Waals surface area contributed by atoms with Crippen molar-refractivity contribution in [3.05, 3.63) is 0 Å². The largest absolute Gasteiger partial charge is 0.481 e. The lowest BCUT2D eigenvalue weighted by molar-refractivity contribution is -0.148. The molecule has 1 amide bonds. The Labute approximate surface area is 89.0 Å². The summed E-state index contributed by atoms with van der Waals surface area (Å²) in [5, 5.41) is 11.5. The number of terminal acetylenes is 1. The lowest BCUT2D eigenvalue weighted by Gasteiger charge is -2.27. The molecule has 0 aliphatic heterocycles. The molecule has 0 spiro atoms. The van der Waals surface area contributed by atoms with Gasteiger partial charge in [0.05, 0.1) is 18.4 Å². The van der Waals surface area contributed by atoms with E-state index in [-0.39, 0.29) is 12.5 Å². The number of carboxylic acid groups (broad SMARTS) is 1. The molecule has 0 aromatic rings. The highest BCUT2D eigenvalue weighted by atomic mass is 16.4. The molecular weight excluding hydrogens is 194 g/mol. The molecule has 82 valence electrons. The van der Waals surface area contributed by atoms with Crippen molar-refractivity contribution in [1.29, 1.82) is 0 Å². The maximum absolute atomic E-state index is 11.6. The number of hydrogen-bond acceptors (Lipinski definition) is 2. The predicted octanol–water partition coefficient (Wildman–Crippen LogP) is 0.627. The van der Waals surface area contributed by atoms with Crippen LogP contribution in [0.5, 0.6) is 0 Å². The maximum Gasteiger partial charge on any atom is 0.307 e. The Balaban J connectivity index is 2.60. The van der Waals surface area contributed by atoms with Gasteiger partial charge in [0.15, 0.2) is 0 Å². The third kappa shape index (κ3) is 2.98. The van der Waals surface area contributed by atoms with E-state index in [1.807, 2.05) is 0 Å². The van der Waals surface area contributed by atoms with Crippen LogP contribution < -0.4 is 5.32 Å². The van der Waals surface area contributed by atoms with Gasteiger partial charge in [-0.1, -0.05) is 18.8 Å². The van der Waals surface area contributed by atoms with Crippen LogP contribution in [0.3, 0.4) is 0 Å². The molecule has 0 bridgehead atoms. The van der Waals surface area contributed by atoms with Gasteiger partial charge >= 0.3 is 5.97 Å². The topological polar surface area (TPSA) is 66.4 Å². The minimum absolute atomic E-state index is 0.168. The van der Waals surface area contributed by atoms with Crippen LogP contribution in [-0.2, 0) is 9.59 Å². The van der Waals surface area contributed by atoms with E-state index in [1.165, 1.54) is 0 Å². The third-order valence-corrected chi connectivity index (χ3v) is 2.78. The summed E-state index contributed by atoms with van der Waals surface area (Å²) in [5.74, 6) is 0.244. The molecule has 4 heteroatoms. The maximum atomic E-state index is 11.6. The molecule has 1 fully saturated rings. The van der Waals surface area contributed by atoms with Crippen LogP contribution in [0.25, 0.3) is 0 Å². The van der Waals surface area contributed by atoms with E-state index in [1.54, 1.807) is 0 Å². The molecule has 0 unspecified atom stereocenters. The minimum Gasteiger partial charge on any atom is -0.481 e.